The van der Waals surface area contributed by atoms with Gasteiger partial charge in [-0.05, 0) is 88.9 Å². The predicted octanol–water partition coefficient (Wildman–Crippen LogP) is 3.24. The molecule has 11 atom stereocenters. The molecule has 2 saturated heterocycles. The molecule has 7 aromatic rings. The third-order valence-corrected chi connectivity index (χ3v) is 25.8. The number of rotatable bonds is 21. The van der Waals surface area contributed by atoms with Gasteiger partial charge in [0.25, 0.3) is 0 Å². The number of aliphatic hydroxyl groups excluding tert-OH is 1. The number of aliphatic hydroxyl groups is 1. The van der Waals surface area contributed by atoms with Crippen molar-refractivity contribution >= 4 is 133 Å². The number of amides is 14. The third-order valence-electron chi connectivity index (χ3n) is 23.0. The van der Waals surface area contributed by atoms with Gasteiger partial charge in [0, 0.05) is 110 Å². The first-order valence-electron chi connectivity index (χ1n) is 42.5. The Kier molecular flexibility index (Phi) is 35.1. The van der Waals surface area contributed by atoms with Crippen LogP contribution >= 0.6 is 28.8 Å². The van der Waals surface area contributed by atoms with Crippen LogP contribution in [0.4, 0.5) is 0 Å². The van der Waals surface area contributed by atoms with Crippen LogP contribution in [0.2, 0.25) is 0 Å². The number of phenolic OH excluding ortho intramolecular Hbond substituents is 2. The molecule has 36 heteroatoms. The summed E-state index contributed by atoms with van der Waals surface area (Å²) in [5.41, 5.74) is 9.65. The minimum absolute atomic E-state index is 0.0608. The Labute approximate surface area is 751 Å². The van der Waals surface area contributed by atoms with E-state index in [1.54, 1.807) is 134 Å². The van der Waals surface area contributed by atoms with Gasteiger partial charge in [-0.1, -0.05) is 184 Å². The van der Waals surface area contributed by atoms with E-state index in [-0.39, 0.29) is 74.5 Å². The molecule has 14 N–H and O–H groups in total. The highest BCUT2D eigenvalue weighted by molar-refractivity contribution is 8.00. The van der Waals surface area contributed by atoms with Crippen LogP contribution in [0.1, 0.15) is 92.7 Å². The molecule has 10 rings (SSSR count). The number of nitrogens with two attached hydrogens (primary N) is 1. The molecular weight excluding hydrogens is 1700 g/mol. The van der Waals surface area contributed by atoms with Crippen molar-refractivity contribution in [1.29, 1.82) is 0 Å². The molecule has 0 bridgehead atoms. The second-order valence-electron chi connectivity index (χ2n) is 32.9. The van der Waals surface area contributed by atoms with Crippen molar-refractivity contribution in [2.45, 2.75) is 164 Å². The summed E-state index contributed by atoms with van der Waals surface area (Å²) >= 11 is 1.01. The van der Waals surface area contributed by atoms with Crippen molar-refractivity contribution in [1.82, 2.24) is 76.9 Å². The smallest absolute Gasteiger partial charge is 0.246 e. The fraction of sp³-hybridized carbons (Fsp3) is 0.413. The van der Waals surface area contributed by atoms with E-state index in [0.29, 0.717) is 83.6 Å². The number of likely N-dealkylation sites (N-methyl/N-ethyl adjacent to an activating group) is 5. The predicted molar refractivity (Wildman–Crippen MR) is 489 cm³/mol. The van der Waals surface area contributed by atoms with E-state index >= 15 is 38.4 Å². The largest absolute Gasteiger partial charge is 0.508 e. The molecule has 3 aliphatic rings. The molecule has 2 fully saturated rings. The maximum atomic E-state index is 15.7. The number of nitrogens with one attached hydrogen (secondary N) is 9. The van der Waals surface area contributed by atoms with E-state index in [1.165, 1.54) is 81.4 Å². The van der Waals surface area contributed by atoms with Gasteiger partial charge < -0.3 is 92.7 Å². The molecule has 0 saturated carbocycles. The van der Waals surface area contributed by atoms with Crippen LogP contribution in [-0.4, -0.2) is 282 Å². The molecular formula is C92H114N16O17P2S. The quantitative estimate of drug-likeness (QED) is 0.0459. The Bertz CT molecular complexity index is 5190. The molecule has 4 heterocycles. The number of benzene rings is 6. The molecule has 128 heavy (non-hydrogen) atoms. The van der Waals surface area contributed by atoms with Gasteiger partial charge in [-0.2, -0.15) is 0 Å². The fourth-order valence-corrected chi connectivity index (χ4v) is 18.3. The molecule has 1 aromatic heterocycles. The maximum Gasteiger partial charge on any atom is 0.246 e. The number of fused-ring (bicyclic) bond motifs is 1. The number of aromatic hydroxyl groups is 2. The van der Waals surface area contributed by atoms with E-state index in [2.05, 4.69) is 56.4 Å². The molecule has 3 aliphatic heterocycles. The molecule has 0 aliphatic carbocycles. The van der Waals surface area contributed by atoms with Gasteiger partial charge in [0.1, 0.15) is 71.2 Å². The molecule has 680 valence electrons. The van der Waals surface area contributed by atoms with Crippen molar-refractivity contribution in [3.05, 3.63) is 203 Å². The lowest BCUT2D eigenvalue weighted by atomic mass is 9.98. The highest BCUT2D eigenvalue weighted by Crippen LogP contribution is 2.53. The number of thioether (sulfide) groups is 1. The zero-order chi connectivity index (χ0) is 92.6. The Balaban J connectivity index is 1.02. The van der Waals surface area contributed by atoms with Gasteiger partial charge in [0.2, 0.25) is 82.7 Å². The van der Waals surface area contributed by atoms with Crippen molar-refractivity contribution in [2.75, 3.05) is 72.9 Å². The monoisotopic (exact) mass is 1810 g/mol. The summed E-state index contributed by atoms with van der Waals surface area (Å²) in [7, 11) is 10.5. The van der Waals surface area contributed by atoms with Gasteiger partial charge in [0.05, 0.1) is 42.3 Å². The van der Waals surface area contributed by atoms with Crippen molar-refractivity contribution in [3.8, 4) is 11.5 Å². The van der Waals surface area contributed by atoms with Crippen LogP contribution in [0.25, 0.3) is 10.9 Å². The van der Waals surface area contributed by atoms with Gasteiger partial charge in [-0.3, -0.25) is 72.4 Å². The number of nitrogens with zero attached hydrogens (tertiary/aromatic N) is 6. The van der Waals surface area contributed by atoms with Crippen molar-refractivity contribution in [2.24, 2.45) is 11.7 Å². The van der Waals surface area contributed by atoms with Crippen LogP contribution < -0.4 is 48.3 Å². The van der Waals surface area contributed by atoms with Gasteiger partial charge in [-0.25, -0.2) is 0 Å². The standard InChI is InChI=1S/C92H114N16O17P2S/c1-9-10-31-72-88(123)104(5)52-77(113)97-67(48-79(115)126)83(118)102-80(55(2)3)90(125)106(7)73(45-57-25-16-12-17-26-57)84(119)100-68(43-59-32-36-62(109)37-33-59)85(120)103(4)51-76(112)96-66(47-61-49-94-65-30-21-20-29-64(61)65)82(117)99-70(44-60-34-38-63(110)39-35-60)87(122)108-41-22-40-92(108)91(127-92)101-71(81(116)95-50-75(93)111)53-128-54-78(114)98-69(42-56-23-14-11-15-24-56)86(121)107(8)74(89(124)105(72)6)46-58-27-18-13-19-28-58/h11-21,23-30,32-39,49,55,66-74,80,94,101,109-110,115,126H,9-10,22,31,40-48,50-54H2,1-8H3,(H2,93,111)(H,95,116)(H,96,112)(H,97,113)(H,98,114)(H,99,117)(H,100,119)(H,102,118)/t66-,67-,68-,69-,70-,71-,72-,73-,74-,80-,92-/m0/s1. The number of phenols is 2. The zero-order valence-corrected chi connectivity index (χ0v) is 75.6. The number of unbranched alkanes of at least 4 members (excludes halogenated alkanes) is 1. The lowest BCUT2D eigenvalue weighted by Gasteiger charge is -2.37. The number of primary amides is 1. The number of aromatic amines is 1. The van der Waals surface area contributed by atoms with Gasteiger partial charge in [0.15, 0.2) is 0 Å². The van der Waals surface area contributed by atoms with E-state index in [9.17, 15) is 44.1 Å². The average molecular weight is 1810 g/mol. The minimum Gasteiger partial charge on any atom is -0.508 e. The summed E-state index contributed by atoms with van der Waals surface area (Å²) in [4.78, 5) is 219. The molecule has 14 amide bonds. The summed E-state index contributed by atoms with van der Waals surface area (Å²) in [5, 5.41) is 54.0. The van der Waals surface area contributed by atoms with Crippen molar-refractivity contribution < 1.29 is 82.4 Å². The first kappa shape index (κ1) is 97.8. The highest BCUT2D eigenvalue weighted by Gasteiger charge is 2.57. The number of hydrogen-bond acceptors (Lipinski definition) is 18. The van der Waals surface area contributed by atoms with E-state index < -0.39 is 186 Å². The lowest BCUT2D eigenvalue weighted by Crippen LogP contribution is -2.61. The fourth-order valence-electron chi connectivity index (χ4n) is 15.8. The number of H-pyrrole nitrogens is 1. The zero-order valence-electron chi connectivity index (χ0n) is 72.9. The Morgan fingerprint density at radius 2 is 1.02 bits per heavy atom. The van der Waals surface area contributed by atoms with Crippen LogP contribution in [0, 0.1) is 5.92 Å². The van der Waals surface area contributed by atoms with Crippen LogP contribution in [-0.2, 0) is 106 Å². The van der Waals surface area contributed by atoms with Crippen LogP contribution in [0.3, 0.4) is 0 Å². The molecule has 33 nitrogen and oxygen atoms in total. The molecule has 0 unspecified atom stereocenters. The Morgan fingerprint density at radius 1 is 0.531 bits per heavy atom. The summed E-state index contributed by atoms with van der Waals surface area (Å²) < 4.78 is 0. The second kappa shape index (κ2) is 45.9. The number of carbonyl (C=O) groups excluding carboxylic acids is 14. The molecule has 6 aromatic carbocycles. The Hall–Kier alpha value is -12.4. The Morgan fingerprint density at radius 3 is 1.58 bits per heavy atom. The van der Waals surface area contributed by atoms with E-state index in [4.69, 9.17) is 5.73 Å². The number of aromatic nitrogens is 1. The minimum atomic E-state index is -1.63. The first-order valence-corrected chi connectivity index (χ1v) is 45.1. The second-order valence-corrected chi connectivity index (χ2v) is 35.9. The van der Waals surface area contributed by atoms with Crippen molar-refractivity contribution in [3.63, 3.8) is 0 Å². The highest BCUT2D eigenvalue weighted by atomic mass is 32.2. The van der Waals surface area contributed by atoms with Gasteiger partial charge in [-0.15, -0.1) is 11.8 Å². The van der Waals surface area contributed by atoms with Gasteiger partial charge >= 0.3 is 0 Å². The summed E-state index contributed by atoms with van der Waals surface area (Å²) in [6, 6.07) is 31.4. The van der Waals surface area contributed by atoms with E-state index in [0.717, 1.165) is 26.5 Å². The number of hydrogen-bond donors (Lipinski definition) is 13. The summed E-state index contributed by atoms with van der Waals surface area (Å²) in [6.07, 6.45) is 2.20. The third kappa shape index (κ3) is 26.6. The normalized spacial score (nSPS) is 23.4. The average Bonchev–Trinajstić information content (AvgIpc) is 1.55. The summed E-state index contributed by atoms with van der Waals surface area (Å²) in [5.74, 6) is -12.2. The van der Waals surface area contributed by atoms with Crippen LogP contribution in [0.15, 0.2) is 170 Å². The number of para-hydroxylation sites is 1. The van der Waals surface area contributed by atoms with E-state index in [1.807, 2.05) is 25.1 Å². The lowest BCUT2D eigenvalue weighted by molar-refractivity contribution is -0.151. The number of carbonyl (C=O) groups is 14. The first-order chi connectivity index (χ1) is 61.1. The SMILES string of the molecule is CCCC[C@H]1C(=O)N(C)CC(=O)N[C@@H](CC(O)=P)C(=O)N[C@@H](C(C)C)C(=O)N(C)[C@@H](Cc2ccccc2)C(=O)N[C@@H](Cc2ccc(O)cc2)C(=O)N(C)CC(=O)N[C@@H](Cc2c[nH]c3ccccc23)C(=O)N[C@@H](Cc2ccc(O)cc2)C(=O)N2CCC[C@@]23P=C3N[C@H](C(=O)NCC(N)=O)CSCC(=O)N[C@@H](Cc2ccccc2)C(=O)N(C)[C@@H](Cc2ccccc2)C(=O)N1C. The van der Waals surface area contributed by atoms with Crippen LogP contribution in [0.5, 0.6) is 11.5 Å². The topological polar surface area (TPSA) is 457 Å². The maximum absolute atomic E-state index is 15.7. The summed E-state index contributed by atoms with van der Waals surface area (Å²) in [6.45, 7) is 3.32. The molecule has 1 spiro atoms. The molecule has 0 radical (unpaired) electrons.